The zero-order valence-electron chi connectivity index (χ0n) is 17.0. The summed E-state index contributed by atoms with van der Waals surface area (Å²) in [5.74, 6) is -0.124. The van der Waals surface area contributed by atoms with Gasteiger partial charge in [0.15, 0.2) is 0 Å². The summed E-state index contributed by atoms with van der Waals surface area (Å²) < 4.78 is 40.2. The fourth-order valence-corrected chi connectivity index (χ4v) is 4.62. The van der Waals surface area contributed by atoms with Crippen molar-refractivity contribution in [3.05, 3.63) is 12.1 Å². The van der Waals surface area contributed by atoms with Crippen LogP contribution in [0.1, 0.15) is 48.5 Å². The Hall–Kier alpha value is -0.935. The number of carbonyl (C=O) groups is 1. The predicted octanol–water partition coefficient (Wildman–Crippen LogP) is 1.49. The molecule has 0 aliphatic carbocycles. The maximum Gasteiger partial charge on any atom is 0.505 e. The molecule has 2 N–H and O–H groups in total. The van der Waals surface area contributed by atoms with Crippen LogP contribution in [0.3, 0.4) is 0 Å². The van der Waals surface area contributed by atoms with Crippen LogP contribution in [0.5, 0.6) is 0 Å². The third-order valence-electron chi connectivity index (χ3n) is 4.74. The SMILES string of the molecule is CC(C)(C)C(=O)NCCNS(=O)(=O)c1ccc(B2OC(C)(C)C(C)(C)O2)s1. The molecule has 152 valence electrons. The lowest BCUT2D eigenvalue weighted by Gasteiger charge is -2.32. The van der Waals surface area contributed by atoms with Gasteiger partial charge in [-0.1, -0.05) is 26.8 Å². The van der Waals surface area contributed by atoms with Crippen molar-refractivity contribution < 1.29 is 22.5 Å². The molecular formula is C17H29BN2O5S2. The number of hydrogen-bond donors (Lipinski definition) is 2. The maximum atomic E-state index is 12.5. The van der Waals surface area contributed by atoms with Crippen LogP contribution in [0, 0.1) is 5.41 Å². The first-order valence-corrected chi connectivity index (χ1v) is 11.2. The minimum atomic E-state index is -3.65. The summed E-state index contributed by atoms with van der Waals surface area (Å²) in [5, 5.41) is 2.71. The lowest BCUT2D eigenvalue weighted by atomic mass is 9.88. The fraction of sp³-hybridized carbons (Fsp3) is 0.706. The molecule has 10 heteroatoms. The molecule has 2 heterocycles. The number of carbonyl (C=O) groups excluding carboxylic acids is 1. The van der Waals surface area contributed by atoms with E-state index >= 15 is 0 Å². The van der Waals surface area contributed by atoms with Crippen LogP contribution in [-0.2, 0) is 24.1 Å². The Bertz CT molecular complexity index is 780. The van der Waals surface area contributed by atoms with Crippen LogP contribution in [0.25, 0.3) is 0 Å². The molecule has 1 aliphatic heterocycles. The molecule has 27 heavy (non-hydrogen) atoms. The highest BCUT2D eigenvalue weighted by Crippen LogP contribution is 2.37. The number of thiophene rings is 1. The standard InChI is InChI=1S/C17H29BN2O5S2/c1-15(2,3)14(21)19-10-11-20-27(22,23)13-9-8-12(26-13)18-24-16(4,5)17(6,7)25-18/h8-9,20H,10-11H2,1-7H3,(H,19,21). The first-order chi connectivity index (χ1) is 12.2. The number of sulfonamides is 1. The lowest BCUT2D eigenvalue weighted by molar-refractivity contribution is -0.128. The van der Waals surface area contributed by atoms with E-state index in [1.807, 2.05) is 27.7 Å². The van der Waals surface area contributed by atoms with Gasteiger partial charge < -0.3 is 14.6 Å². The molecule has 0 saturated carbocycles. The van der Waals surface area contributed by atoms with Gasteiger partial charge in [0.1, 0.15) is 4.21 Å². The first-order valence-electron chi connectivity index (χ1n) is 8.89. The molecule has 1 aliphatic rings. The van der Waals surface area contributed by atoms with Gasteiger partial charge in [-0.2, -0.15) is 0 Å². The van der Waals surface area contributed by atoms with Gasteiger partial charge in [-0.25, -0.2) is 13.1 Å². The topological polar surface area (TPSA) is 93.7 Å². The van der Waals surface area contributed by atoms with E-state index < -0.39 is 33.8 Å². The van der Waals surface area contributed by atoms with E-state index in [9.17, 15) is 13.2 Å². The molecule has 0 spiro atoms. The van der Waals surface area contributed by atoms with Crippen molar-refractivity contribution in [3.63, 3.8) is 0 Å². The first kappa shape index (κ1) is 22.4. The van der Waals surface area contributed by atoms with Gasteiger partial charge in [-0.3, -0.25) is 4.79 Å². The quantitative estimate of drug-likeness (QED) is 0.541. The highest BCUT2D eigenvalue weighted by atomic mass is 32.2. The molecule has 1 aromatic heterocycles. The molecule has 0 atom stereocenters. The summed E-state index contributed by atoms with van der Waals surface area (Å²) in [4.78, 5) is 11.8. The zero-order valence-corrected chi connectivity index (χ0v) is 18.6. The largest absolute Gasteiger partial charge is 0.505 e. The van der Waals surface area contributed by atoms with Crippen molar-refractivity contribution >= 4 is 39.2 Å². The van der Waals surface area contributed by atoms with Crippen LogP contribution in [-0.4, -0.2) is 45.7 Å². The lowest BCUT2D eigenvalue weighted by Crippen LogP contribution is -2.41. The van der Waals surface area contributed by atoms with E-state index in [1.54, 1.807) is 32.9 Å². The average molecular weight is 416 g/mol. The van der Waals surface area contributed by atoms with E-state index in [0.29, 0.717) is 4.78 Å². The van der Waals surface area contributed by atoms with Crippen LogP contribution >= 0.6 is 11.3 Å². The predicted molar refractivity (Wildman–Crippen MR) is 108 cm³/mol. The minimum absolute atomic E-state index is 0.119. The van der Waals surface area contributed by atoms with Crippen molar-refractivity contribution in [1.82, 2.24) is 10.0 Å². The van der Waals surface area contributed by atoms with Crippen LogP contribution in [0.4, 0.5) is 0 Å². The van der Waals surface area contributed by atoms with Gasteiger partial charge in [-0.15, -0.1) is 11.3 Å². The average Bonchev–Trinajstić information content (AvgIpc) is 3.06. The smallest absolute Gasteiger partial charge is 0.399 e. The highest BCUT2D eigenvalue weighted by molar-refractivity contribution is 7.91. The van der Waals surface area contributed by atoms with E-state index in [-0.39, 0.29) is 23.2 Å². The summed E-state index contributed by atoms with van der Waals surface area (Å²) in [5.41, 5.74) is -1.47. The molecular weight excluding hydrogens is 387 g/mol. The Balaban J connectivity index is 1.96. The Labute approximate surface area is 166 Å². The van der Waals surface area contributed by atoms with E-state index in [1.165, 1.54) is 0 Å². The van der Waals surface area contributed by atoms with Gasteiger partial charge in [0.2, 0.25) is 15.9 Å². The van der Waals surface area contributed by atoms with Gasteiger partial charge >= 0.3 is 7.12 Å². The van der Waals surface area contributed by atoms with E-state index in [0.717, 1.165) is 11.3 Å². The normalized spacial score (nSPS) is 19.3. The van der Waals surface area contributed by atoms with Gasteiger partial charge in [0.05, 0.1) is 11.2 Å². The minimum Gasteiger partial charge on any atom is -0.399 e. The van der Waals surface area contributed by atoms with Crippen molar-refractivity contribution in [3.8, 4) is 0 Å². The van der Waals surface area contributed by atoms with Crippen molar-refractivity contribution in [2.24, 2.45) is 5.41 Å². The summed E-state index contributed by atoms with van der Waals surface area (Å²) in [6, 6.07) is 3.25. The molecule has 2 rings (SSSR count). The van der Waals surface area contributed by atoms with Crippen LogP contribution in [0.2, 0.25) is 0 Å². The molecule has 1 aromatic rings. The monoisotopic (exact) mass is 416 g/mol. The maximum absolute atomic E-state index is 12.5. The van der Waals surface area contributed by atoms with Crippen molar-refractivity contribution in [2.45, 2.75) is 63.9 Å². The Morgan fingerprint density at radius 2 is 1.67 bits per heavy atom. The summed E-state index contributed by atoms with van der Waals surface area (Å²) in [6.07, 6.45) is 0. The van der Waals surface area contributed by atoms with E-state index in [4.69, 9.17) is 9.31 Å². The molecule has 0 aromatic carbocycles. The number of hydrogen-bond acceptors (Lipinski definition) is 6. The van der Waals surface area contributed by atoms with Crippen molar-refractivity contribution in [1.29, 1.82) is 0 Å². The second kappa shape index (κ2) is 7.48. The number of nitrogens with one attached hydrogen (secondary N) is 2. The van der Waals surface area contributed by atoms with Crippen LogP contribution < -0.4 is 14.8 Å². The Morgan fingerprint density at radius 1 is 1.11 bits per heavy atom. The number of amides is 1. The zero-order chi connectivity index (χ0) is 20.7. The van der Waals surface area contributed by atoms with Crippen LogP contribution in [0.15, 0.2) is 16.3 Å². The summed E-state index contributed by atoms with van der Waals surface area (Å²) in [6.45, 7) is 13.5. The van der Waals surface area contributed by atoms with Gasteiger partial charge in [0, 0.05) is 23.3 Å². The molecule has 1 fully saturated rings. The molecule has 1 saturated heterocycles. The second-order valence-corrected chi connectivity index (χ2v) is 11.8. The van der Waals surface area contributed by atoms with Crippen molar-refractivity contribution in [2.75, 3.05) is 13.1 Å². The van der Waals surface area contributed by atoms with Gasteiger partial charge in [-0.05, 0) is 33.8 Å². The fourth-order valence-electron chi connectivity index (χ4n) is 2.26. The third-order valence-corrected chi connectivity index (χ3v) is 7.80. The third kappa shape index (κ3) is 5.11. The Morgan fingerprint density at radius 3 is 2.19 bits per heavy atom. The molecule has 0 radical (unpaired) electrons. The second-order valence-electron chi connectivity index (χ2n) is 8.65. The summed E-state index contributed by atoms with van der Waals surface area (Å²) in [7, 11) is -4.24. The molecule has 0 bridgehead atoms. The summed E-state index contributed by atoms with van der Waals surface area (Å²) >= 11 is 1.12. The number of rotatable bonds is 6. The molecule has 7 nitrogen and oxygen atoms in total. The highest BCUT2D eigenvalue weighted by Gasteiger charge is 2.52. The Kier molecular flexibility index (Phi) is 6.19. The molecule has 0 unspecified atom stereocenters. The van der Waals surface area contributed by atoms with E-state index in [2.05, 4.69) is 10.0 Å². The molecule has 1 amide bonds. The van der Waals surface area contributed by atoms with Gasteiger partial charge in [0.25, 0.3) is 0 Å².